The molecule has 0 unspecified atom stereocenters. The minimum Gasteiger partial charge on any atom is -0.347 e. The third kappa shape index (κ3) is 5.04. The maximum Gasteiger partial charge on any atom is 0.222 e. The number of amides is 1. The molecule has 3 aromatic rings. The molecule has 178 valence electrons. The van der Waals surface area contributed by atoms with Gasteiger partial charge in [0.05, 0.1) is 13.2 Å². The molecule has 8 heteroatoms. The molecule has 1 aromatic heterocycles. The number of ether oxygens (including phenoxy) is 2. The lowest BCUT2D eigenvalue weighted by molar-refractivity contribution is -0.187. The van der Waals surface area contributed by atoms with Crippen LogP contribution in [0.25, 0.3) is 17.1 Å². The van der Waals surface area contributed by atoms with Gasteiger partial charge in [0, 0.05) is 49.4 Å². The summed E-state index contributed by atoms with van der Waals surface area (Å²) < 4.78 is 13.6. The van der Waals surface area contributed by atoms with E-state index in [4.69, 9.17) is 9.47 Å². The SMILES string of the molecule is Cc1cccc(-n2c(SCCCC(=O)N3CCC4(CC3)OCCO4)nnc2-c2ccccc2)c1. The van der Waals surface area contributed by atoms with Crippen molar-refractivity contribution >= 4 is 17.7 Å². The molecule has 2 aliphatic heterocycles. The van der Waals surface area contributed by atoms with Gasteiger partial charge in [-0.25, -0.2) is 0 Å². The van der Waals surface area contributed by atoms with E-state index in [1.54, 1.807) is 11.8 Å². The van der Waals surface area contributed by atoms with E-state index >= 15 is 0 Å². The maximum atomic E-state index is 12.7. The number of hydrogen-bond donors (Lipinski definition) is 0. The zero-order chi connectivity index (χ0) is 23.4. The first kappa shape index (κ1) is 23.1. The van der Waals surface area contributed by atoms with Crippen LogP contribution < -0.4 is 0 Å². The number of carbonyl (C=O) groups is 1. The summed E-state index contributed by atoms with van der Waals surface area (Å²) in [5, 5.41) is 9.85. The van der Waals surface area contributed by atoms with E-state index in [9.17, 15) is 4.79 Å². The number of benzene rings is 2. The maximum absolute atomic E-state index is 12.7. The lowest BCUT2D eigenvalue weighted by atomic mass is 10.0. The van der Waals surface area contributed by atoms with Crippen LogP contribution in [0.5, 0.6) is 0 Å². The predicted molar refractivity (Wildman–Crippen MR) is 132 cm³/mol. The highest BCUT2D eigenvalue weighted by molar-refractivity contribution is 7.99. The second kappa shape index (κ2) is 10.3. The van der Waals surface area contributed by atoms with Crippen molar-refractivity contribution in [3.05, 3.63) is 60.2 Å². The Bertz CT molecular complexity index is 1120. The lowest BCUT2D eigenvalue weighted by Gasteiger charge is -2.37. The van der Waals surface area contributed by atoms with E-state index < -0.39 is 5.79 Å². The van der Waals surface area contributed by atoms with Crippen molar-refractivity contribution in [2.45, 2.75) is 43.6 Å². The summed E-state index contributed by atoms with van der Waals surface area (Å²) in [7, 11) is 0. The first-order chi connectivity index (χ1) is 16.6. The average Bonchev–Trinajstić information content (AvgIpc) is 3.50. The summed E-state index contributed by atoms with van der Waals surface area (Å²) in [4.78, 5) is 14.7. The molecule has 0 bridgehead atoms. The van der Waals surface area contributed by atoms with Gasteiger partial charge in [-0.3, -0.25) is 9.36 Å². The fourth-order valence-electron chi connectivity index (χ4n) is 4.56. The van der Waals surface area contributed by atoms with Crippen LogP contribution >= 0.6 is 11.8 Å². The van der Waals surface area contributed by atoms with Crippen LogP contribution in [0.1, 0.15) is 31.2 Å². The molecule has 0 atom stereocenters. The Balaban J connectivity index is 1.21. The van der Waals surface area contributed by atoms with Gasteiger partial charge < -0.3 is 14.4 Å². The topological polar surface area (TPSA) is 69.5 Å². The third-order valence-corrected chi connectivity index (χ3v) is 7.40. The quantitative estimate of drug-likeness (QED) is 0.368. The van der Waals surface area contributed by atoms with Crippen molar-refractivity contribution in [1.82, 2.24) is 19.7 Å². The molecule has 2 fully saturated rings. The summed E-state index contributed by atoms with van der Waals surface area (Å²) >= 11 is 1.65. The van der Waals surface area contributed by atoms with Crippen LogP contribution in [-0.2, 0) is 14.3 Å². The molecule has 0 radical (unpaired) electrons. The Hall–Kier alpha value is -2.68. The van der Waals surface area contributed by atoms with Gasteiger partial charge in [0.1, 0.15) is 0 Å². The Morgan fingerprint density at radius 3 is 2.53 bits per heavy atom. The molecular weight excluding hydrogens is 448 g/mol. The molecule has 34 heavy (non-hydrogen) atoms. The smallest absolute Gasteiger partial charge is 0.222 e. The van der Waals surface area contributed by atoms with E-state index in [0.29, 0.717) is 32.7 Å². The van der Waals surface area contributed by atoms with Crippen molar-refractivity contribution in [2.75, 3.05) is 32.1 Å². The Morgan fingerprint density at radius 2 is 1.79 bits per heavy atom. The van der Waals surface area contributed by atoms with Gasteiger partial charge in [0.2, 0.25) is 5.91 Å². The van der Waals surface area contributed by atoms with Crippen LogP contribution in [-0.4, -0.2) is 63.4 Å². The predicted octanol–water partition coefficient (Wildman–Crippen LogP) is 4.48. The number of nitrogens with zero attached hydrogens (tertiary/aromatic N) is 4. The molecule has 0 saturated carbocycles. The zero-order valence-corrected chi connectivity index (χ0v) is 20.3. The number of carbonyl (C=O) groups excluding carboxylic acids is 1. The average molecular weight is 479 g/mol. The summed E-state index contributed by atoms with van der Waals surface area (Å²) in [6.07, 6.45) is 2.84. The van der Waals surface area contributed by atoms with Gasteiger partial charge in [-0.15, -0.1) is 10.2 Å². The molecule has 1 amide bonds. The number of piperidine rings is 1. The first-order valence-corrected chi connectivity index (χ1v) is 12.9. The molecule has 1 spiro atoms. The molecule has 0 N–H and O–H groups in total. The van der Waals surface area contributed by atoms with Gasteiger partial charge in [0.25, 0.3) is 0 Å². The number of likely N-dealkylation sites (tertiary alicyclic amines) is 1. The monoisotopic (exact) mass is 478 g/mol. The van der Waals surface area contributed by atoms with Crippen LogP contribution in [0.15, 0.2) is 59.8 Å². The number of aromatic nitrogens is 3. The Morgan fingerprint density at radius 1 is 1.03 bits per heavy atom. The van der Waals surface area contributed by atoms with Gasteiger partial charge in [-0.2, -0.15) is 0 Å². The molecule has 3 heterocycles. The van der Waals surface area contributed by atoms with Gasteiger partial charge in [-0.1, -0.05) is 54.2 Å². The summed E-state index contributed by atoms with van der Waals surface area (Å²) in [6, 6.07) is 18.5. The van der Waals surface area contributed by atoms with E-state index in [-0.39, 0.29) is 5.91 Å². The minimum atomic E-state index is -0.442. The van der Waals surface area contributed by atoms with Crippen molar-refractivity contribution in [3.63, 3.8) is 0 Å². The molecule has 2 aliphatic rings. The van der Waals surface area contributed by atoms with E-state index in [0.717, 1.165) is 47.2 Å². The second-order valence-corrected chi connectivity index (χ2v) is 9.85. The van der Waals surface area contributed by atoms with Gasteiger partial charge in [-0.05, 0) is 31.0 Å². The lowest BCUT2D eigenvalue weighted by Crippen LogP contribution is -2.47. The number of rotatable bonds is 7. The van der Waals surface area contributed by atoms with E-state index in [1.165, 1.54) is 5.56 Å². The summed E-state index contributed by atoms with van der Waals surface area (Å²) in [5.41, 5.74) is 3.25. The molecule has 5 rings (SSSR count). The molecular formula is C26H30N4O3S. The van der Waals surface area contributed by atoms with Crippen LogP contribution in [0, 0.1) is 6.92 Å². The van der Waals surface area contributed by atoms with Crippen molar-refractivity contribution in [2.24, 2.45) is 0 Å². The van der Waals surface area contributed by atoms with E-state index in [2.05, 4.69) is 46.0 Å². The molecule has 0 aliphatic carbocycles. The zero-order valence-electron chi connectivity index (χ0n) is 19.5. The molecule has 2 saturated heterocycles. The van der Waals surface area contributed by atoms with Gasteiger partial charge in [0.15, 0.2) is 16.8 Å². The Kier molecular flexibility index (Phi) is 6.99. The standard InChI is InChI=1S/C26H30N4O3S/c1-20-7-5-10-22(19-20)30-24(21-8-3-2-4-9-21)27-28-25(30)34-18-6-11-23(31)29-14-12-26(13-15-29)32-16-17-33-26/h2-5,7-10,19H,6,11-18H2,1H3. The molecule has 7 nitrogen and oxygen atoms in total. The third-order valence-electron chi connectivity index (χ3n) is 6.38. The number of thioether (sulfide) groups is 1. The number of aryl methyl sites for hydroxylation is 1. The molecule has 2 aromatic carbocycles. The minimum absolute atomic E-state index is 0.207. The Labute approximate surface area is 204 Å². The van der Waals surface area contributed by atoms with E-state index in [1.807, 2.05) is 35.2 Å². The van der Waals surface area contributed by atoms with Crippen LogP contribution in [0.3, 0.4) is 0 Å². The summed E-state index contributed by atoms with van der Waals surface area (Å²) in [5.74, 6) is 1.39. The normalized spacial score (nSPS) is 17.4. The summed E-state index contributed by atoms with van der Waals surface area (Å²) in [6.45, 7) is 4.80. The highest BCUT2D eigenvalue weighted by Gasteiger charge is 2.40. The second-order valence-electron chi connectivity index (χ2n) is 8.79. The highest BCUT2D eigenvalue weighted by Crippen LogP contribution is 2.32. The van der Waals surface area contributed by atoms with Gasteiger partial charge >= 0.3 is 0 Å². The fraction of sp³-hybridized carbons (Fsp3) is 0.423. The highest BCUT2D eigenvalue weighted by atomic mass is 32.2. The van der Waals surface area contributed by atoms with Crippen LogP contribution in [0.4, 0.5) is 0 Å². The van der Waals surface area contributed by atoms with Crippen molar-refractivity contribution in [1.29, 1.82) is 0 Å². The van der Waals surface area contributed by atoms with Crippen molar-refractivity contribution in [3.8, 4) is 17.1 Å². The fourth-order valence-corrected chi connectivity index (χ4v) is 5.46. The largest absolute Gasteiger partial charge is 0.347 e. The van der Waals surface area contributed by atoms with Crippen LogP contribution in [0.2, 0.25) is 0 Å². The van der Waals surface area contributed by atoms with Crippen molar-refractivity contribution < 1.29 is 14.3 Å². The number of hydrogen-bond acceptors (Lipinski definition) is 6. The first-order valence-electron chi connectivity index (χ1n) is 11.9.